The van der Waals surface area contributed by atoms with E-state index < -0.39 is 4.33 Å². The smallest absolute Gasteiger partial charge is 0.131 e. The number of rotatable bonds is 1. The zero-order valence-corrected chi connectivity index (χ0v) is 5.91. The Hall–Kier alpha value is 0.250. The number of halogens is 2. The first-order chi connectivity index (χ1) is 3.60. The van der Waals surface area contributed by atoms with Crippen molar-refractivity contribution < 1.29 is 4.79 Å². The van der Waals surface area contributed by atoms with Crippen molar-refractivity contribution in [2.75, 3.05) is 0 Å². The van der Waals surface area contributed by atoms with Gasteiger partial charge in [-0.3, -0.25) is 0 Å². The van der Waals surface area contributed by atoms with Crippen LogP contribution in [0.3, 0.4) is 0 Å². The van der Waals surface area contributed by atoms with Crippen LogP contribution in [-0.2, 0) is 4.79 Å². The topological polar surface area (TPSA) is 17.1 Å². The normalized spacial score (nSPS) is 41.4. The van der Waals surface area contributed by atoms with E-state index in [4.69, 9.17) is 23.2 Å². The zero-order chi connectivity index (χ0) is 6.36. The van der Waals surface area contributed by atoms with Gasteiger partial charge >= 0.3 is 0 Å². The van der Waals surface area contributed by atoms with Gasteiger partial charge in [0.25, 0.3) is 0 Å². The molecule has 0 spiro atoms. The van der Waals surface area contributed by atoms with Gasteiger partial charge in [-0.15, -0.1) is 23.2 Å². The lowest BCUT2D eigenvalue weighted by atomic mass is 10.4. The Morgan fingerprint density at radius 2 is 2.00 bits per heavy atom. The van der Waals surface area contributed by atoms with Gasteiger partial charge in [0.15, 0.2) is 0 Å². The zero-order valence-electron chi connectivity index (χ0n) is 4.40. The molecule has 46 valence electrons. The number of hydrogen-bond donors (Lipinski definition) is 0. The fourth-order valence-electron chi connectivity index (χ4n) is 0.718. The van der Waals surface area contributed by atoms with Crippen molar-refractivity contribution in [2.45, 2.75) is 11.3 Å². The molecule has 0 aliphatic heterocycles. The molecule has 0 N–H and O–H groups in total. The number of carbonyl (C=O) groups excluding carboxylic acids is 1. The summed E-state index contributed by atoms with van der Waals surface area (Å²) in [5.74, 6) is 0.00849. The SMILES string of the molecule is C[C@H]1[C@@H](C=O)C1(Cl)Cl. The van der Waals surface area contributed by atoms with E-state index in [1.165, 1.54) is 0 Å². The molecular formula is C5H6Cl2O. The van der Waals surface area contributed by atoms with Crippen molar-refractivity contribution in [3.63, 3.8) is 0 Å². The summed E-state index contributed by atoms with van der Waals surface area (Å²) in [5, 5.41) is 0. The molecule has 0 unspecified atom stereocenters. The maximum Gasteiger partial charge on any atom is 0.131 e. The molecule has 0 heterocycles. The second kappa shape index (κ2) is 1.61. The van der Waals surface area contributed by atoms with Gasteiger partial charge < -0.3 is 4.79 Å². The van der Waals surface area contributed by atoms with Crippen LogP contribution in [0.15, 0.2) is 0 Å². The summed E-state index contributed by atoms with van der Waals surface area (Å²) in [5.41, 5.74) is 0. The fourth-order valence-corrected chi connectivity index (χ4v) is 1.34. The Labute approximate surface area is 58.0 Å². The minimum Gasteiger partial charge on any atom is -0.303 e. The molecule has 8 heavy (non-hydrogen) atoms. The first-order valence-corrected chi connectivity index (χ1v) is 3.19. The number of aldehydes is 1. The van der Waals surface area contributed by atoms with Crippen LogP contribution in [0.25, 0.3) is 0 Å². The molecule has 1 fully saturated rings. The second-order valence-corrected chi connectivity index (χ2v) is 3.57. The minimum absolute atomic E-state index is 0.133. The number of alkyl halides is 2. The van der Waals surface area contributed by atoms with E-state index in [1.807, 2.05) is 6.92 Å². The van der Waals surface area contributed by atoms with Crippen LogP contribution in [0.5, 0.6) is 0 Å². The number of carbonyl (C=O) groups is 1. The van der Waals surface area contributed by atoms with Crippen LogP contribution < -0.4 is 0 Å². The summed E-state index contributed by atoms with van der Waals surface area (Å²) in [6, 6.07) is 0. The summed E-state index contributed by atoms with van der Waals surface area (Å²) in [7, 11) is 0. The van der Waals surface area contributed by atoms with Crippen molar-refractivity contribution in [2.24, 2.45) is 11.8 Å². The van der Waals surface area contributed by atoms with Gasteiger partial charge in [-0.2, -0.15) is 0 Å². The van der Waals surface area contributed by atoms with Crippen molar-refractivity contribution in [3.05, 3.63) is 0 Å². The van der Waals surface area contributed by atoms with Crippen molar-refractivity contribution >= 4 is 29.5 Å². The molecule has 1 saturated carbocycles. The first kappa shape index (κ1) is 6.37. The number of hydrogen-bond acceptors (Lipinski definition) is 1. The largest absolute Gasteiger partial charge is 0.303 e. The summed E-state index contributed by atoms with van der Waals surface area (Å²) in [6.45, 7) is 1.86. The Morgan fingerprint density at radius 3 is 2.00 bits per heavy atom. The highest BCUT2D eigenvalue weighted by Crippen LogP contribution is 2.57. The first-order valence-electron chi connectivity index (χ1n) is 2.44. The third kappa shape index (κ3) is 0.652. The summed E-state index contributed by atoms with van der Waals surface area (Å²) in [6.07, 6.45) is 0.810. The van der Waals surface area contributed by atoms with Gasteiger partial charge in [0.1, 0.15) is 10.6 Å². The summed E-state index contributed by atoms with van der Waals surface area (Å²) < 4.78 is -0.748. The molecule has 0 saturated heterocycles. The van der Waals surface area contributed by atoms with Crippen LogP contribution in [0, 0.1) is 11.8 Å². The monoisotopic (exact) mass is 152 g/mol. The van der Waals surface area contributed by atoms with E-state index in [2.05, 4.69) is 0 Å². The van der Waals surface area contributed by atoms with Crippen LogP contribution in [-0.4, -0.2) is 10.6 Å². The molecular weight excluding hydrogens is 147 g/mol. The minimum atomic E-state index is -0.748. The van der Waals surface area contributed by atoms with E-state index in [0.29, 0.717) is 0 Å². The molecule has 0 amide bonds. The Morgan fingerprint density at radius 1 is 1.62 bits per heavy atom. The highest BCUT2D eigenvalue weighted by molar-refractivity contribution is 6.52. The maximum atomic E-state index is 10.0. The summed E-state index contributed by atoms with van der Waals surface area (Å²) >= 11 is 11.2. The van der Waals surface area contributed by atoms with Crippen LogP contribution in [0.2, 0.25) is 0 Å². The van der Waals surface area contributed by atoms with Gasteiger partial charge in [0.2, 0.25) is 0 Å². The van der Waals surface area contributed by atoms with Gasteiger partial charge in [-0.25, -0.2) is 0 Å². The Balaban J connectivity index is 2.57. The molecule has 1 aliphatic carbocycles. The molecule has 2 atom stereocenters. The van der Waals surface area contributed by atoms with Gasteiger partial charge in [-0.1, -0.05) is 6.92 Å². The van der Waals surface area contributed by atoms with E-state index >= 15 is 0 Å². The maximum absolute atomic E-state index is 10.0. The lowest BCUT2D eigenvalue weighted by Gasteiger charge is -1.86. The molecule has 1 nitrogen and oxygen atoms in total. The highest BCUT2D eigenvalue weighted by atomic mass is 35.5. The van der Waals surface area contributed by atoms with Crippen LogP contribution in [0.1, 0.15) is 6.92 Å². The van der Waals surface area contributed by atoms with E-state index in [-0.39, 0.29) is 11.8 Å². The molecule has 1 aliphatic rings. The van der Waals surface area contributed by atoms with Gasteiger partial charge in [0.05, 0.1) is 5.92 Å². The van der Waals surface area contributed by atoms with Crippen molar-refractivity contribution in [1.82, 2.24) is 0 Å². The van der Waals surface area contributed by atoms with E-state index in [1.54, 1.807) is 0 Å². The average Bonchev–Trinajstić information content (AvgIpc) is 2.09. The molecule has 3 heteroatoms. The highest BCUT2D eigenvalue weighted by Gasteiger charge is 2.60. The van der Waals surface area contributed by atoms with Gasteiger partial charge in [0, 0.05) is 5.92 Å². The van der Waals surface area contributed by atoms with Gasteiger partial charge in [-0.05, 0) is 0 Å². The van der Waals surface area contributed by atoms with Crippen LogP contribution in [0.4, 0.5) is 0 Å². The molecule has 0 radical (unpaired) electrons. The van der Waals surface area contributed by atoms with Crippen LogP contribution >= 0.6 is 23.2 Å². The average molecular weight is 153 g/mol. The van der Waals surface area contributed by atoms with E-state index in [9.17, 15) is 4.79 Å². The Bertz CT molecular complexity index is 122. The Kier molecular flexibility index (Phi) is 1.28. The molecule has 0 bridgehead atoms. The van der Waals surface area contributed by atoms with E-state index in [0.717, 1.165) is 6.29 Å². The fraction of sp³-hybridized carbons (Fsp3) is 0.800. The van der Waals surface area contributed by atoms with Crippen molar-refractivity contribution in [3.8, 4) is 0 Å². The predicted octanol–water partition coefficient (Wildman–Crippen LogP) is 1.63. The summed E-state index contributed by atoms with van der Waals surface area (Å²) in [4.78, 5) is 10.0. The second-order valence-electron chi connectivity index (χ2n) is 2.13. The lowest BCUT2D eigenvalue weighted by molar-refractivity contribution is -0.109. The van der Waals surface area contributed by atoms with Crippen molar-refractivity contribution in [1.29, 1.82) is 0 Å². The lowest BCUT2D eigenvalue weighted by Crippen LogP contribution is -1.89. The third-order valence-corrected chi connectivity index (χ3v) is 2.82. The third-order valence-electron chi connectivity index (χ3n) is 1.63. The standard InChI is InChI=1S/C5H6Cl2O/c1-3-4(2-8)5(3,6)7/h2-4H,1H3/t3-,4+/m0/s1. The quantitative estimate of drug-likeness (QED) is 0.413. The predicted molar refractivity (Wildman–Crippen MR) is 33.2 cm³/mol. The molecule has 0 aromatic carbocycles. The molecule has 0 aromatic rings. The molecule has 0 aromatic heterocycles. The molecule has 1 rings (SSSR count).